The molecule has 0 spiro atoms. The van der Waals surface area contributed by atoms with Crippen molar-refractivity contribution in [2.24, 2.45) is 0 Å². The molecule has 1 fully saturated rings. The summed E-state index contributed by atoms with van der Waals surface area (Å²) in [5.74, 6) is 1.50. The van der Waals surface area contributed by atoms with E-state index in [0.717, 1.165) is 65.6 Å². The van der Waals surface area contributed by atoms with Crippen molar-refractivity contribution in [3.63, 3.8) is 0 Å². The summed E-state index contributed by atoms with van der Waals surface area (Å²) in [4.78, 5) is 2.04. The van der Waals surface area contributed by atoms with Crippen LogP contribution < -0.4 is 15.5 Å². The van der Waals surface area contributed by atoms with E-state index in [-0.39, 0.29) is 0 Å². The summed E-state index contributed by atoms with van der Waals surface area (Å²) in [6, 6.07) is 4.10. The largest absolute Gasteiger partial charge is 0.375 e. The molecular weight excluding hydrogens is 308 g/mol. The van der Waals surface area contributed by atoms with Gasteiger partial charge in [-0.2, -0.15) is 0 Å². The number of amidine groups is 1. The van der Waals surface area contributed by atoms with E-state index < -0.39 is 0 Å². The monoisotopic (exact) mass is 334 g/mol. The quantitative estimate of drug-likeness (QED) is 0.763. The summed E-state index contributed by atoms with van der Waals surface area (Å²) in [7, 11) is 1.90. The van der Waals surface area contributed by atoms with Crippen molar-refractivity contribution in [1.29, 1.82) is 5.41 Å². The van der Waals surface area contributed by atoms with Gasteiger partial charge in [-0.3, -0.25) is 5.41 Å². The van der Waals surface area contributed by atoms with Crippen LogP contribution in [-0.2, 0) is 0 Å². The smallest absolute Gasteiger partial charge is 0.132 e. The number of rotatable bonds is 5. The van der Waals surface area contributed by atoms with E-state index in [4.69, 9.17) is 17.0 Å². The second kappa shape index (κ2) is 7.73. The molecule has 0 saturated carbocycles. The van der Waals surface area contributed by atoms with Gasteiger partial charge in [0.05, 0.1) is 10.7 Å². The fourth-order valence-corrected chi connectivity index (χ4v) is 3.54. The van der Waals surface area contributed by atoms with Gasteiger partial charge in [0.15, 0.2) is 0 Å². The first-order chi connectivity index (χ1) is 11.0. The Kier molecular flexibility index (Phi) is 5.94. The van der Waals surface area contributed by atoms with Crippen molar-refractivity contribution in [2.75, 3.05) is 25.0 Å². The number of halogens is 1. The molecule has 0 bridgehead atoms. The molecule has 0 unspecified atom stereocenters. The SMILES string of the molecule is CCCN/C(NC)=C1\CCCN(c2c(C)cc(C)cc2Cl)C1=N. The van der Waals surface area contributed by atoms with Gasteiger partial charge in [-0.25, -0.2) is 0 Å². The van der Waals surface area contributed by atoms with Gasteiger partial charge in [0, 0.05) is 25.7 Å². The molecule has 0 amide bonds. The topological polar surface area (TPSA) is 51.1 Å². The van der Waals surface area contributed by atoms with Crippen LogP contribution >= 0.6 is 11.6 Å². The molecule has 1 heterocycles. The zero-order valence-electron chi connectivity index (χ0n) is 14.5. The van der Waals surface area contributed by atoms with Gasteiger partial charge in [-0.15, -0.1) is 0 Å². The van der Waals surface area contributed by atoms with Crippen LogP contribution in [0.4, 0.5) is 5.69 Å². The first-order valence-corrected chi connectivity index (χ1v) is 8.65. The Morgan fingerprint density at radius 1 is 1.35 bits per heavy atom. The number of benzene rings is 1. The molecule has 1 aliphatic heterocycles. The van der Waals surface area contributed by atoms with Crippen molar-refractivity contribution >= 4 is 23.1 Å². The molecule has 126 valence electrons. The van der Waals surface area contributed by atoms with Gasteiger partial charge >= 0.3 is 0 Å². The highest BCUT2D eigenvalue weighted by atomic mass is 35.5. The molecule has 4 nitrogen and oxygen atoms in total. The lowest BCUT2D eigenvalue weighted by Crippen LogP contribution is -2.40. The molecule has 0 aromatic heterocycles. The van der Waals surface area contributed by atoms with Crippen molar-refractivity contribution in [3.8, 4) is 0 Å². The molecule has 2 rings (SSSR count). The Bertz CT molecular complexity index is 598. The highest BCUT2D eigenvalue weighted by Gasteiger charge is 2.26. The van der Waals surface area contributed by atoms with Crippen molar-refractivity contribution in [3.05, 3.63) is 39.7 Å². The minimum absolute atomic E-state index is 0.540. The van der Waals surface area contributed by atoms with Crippen LogP contribution in [0.15, 0.2) is 23.5 Å². The van der Waals surface area contributed by atoms with Gasteiger partial charge in [-0.05, 0) is 50.3 Å². The Morgan fingerprint density at radius 3 is 2.70 bits per heavy atom. The van der Waals surface area contributed by atoms with Gasteiger partial charge < -0.3 is 15.5 Å². The number of aryl methyl sites for hydroxylation is 2. The maximum absolute atomic E-state index is 8.69. The number of nitrogens with zero attached hydrogens (tertiary/aromatic N) is 1. The zero-order valence-corrected chi connectivity index (χ0v) is 15.3. The highest BCUT2D eigenvalue weighted by Crippen LogP contribution is 2.34. The molecule has 1 aromatic carbocycles. The zero-order chi connectivity index (χ0) is 17.0. The van der Waals surface area contributed by atoms with E-state index in [1.807, 2.05) is 24.9 Å². The number of anilines is 1. The third-order valence-electron chi connectivity index (χ3n) is 4.14. The molecule has 1 saturated heterocycles. The number of nitrogens with one attached hydrogen (secondary N) is 3. The van der Waals surface area contributed by atoms with Crippen LogP contribution in [0.25, 0.3) is 0 Å². The maximum atomic E-state index is 8.69. The molecular formula is C18H27ClN4. The van der Waals surface area contributed by atoms with Crippen molar-refractivity contribution in [1.82, 2.24) is 10.6 Å². The highest BCUT2D eigenvalue weighted by molar-refractivity contribution is 6.34. The summed E-state index contributed by atoms with van der Waals surface area (Å²) >= 11 is 6.49. The normalized spacial score (nSPS) is 17.3. The van der Waals surface area contributed by atoms with Crippen LogP contribution in [0.2, 0.25) is 5.02 Å². The third kappa shape index (κ3) is 3.81. The van der Waals surface area contributed by atoms with Gasteiger partial charge in [0.25, 0.3) is 0 Å². The minimum Gasteiger partial charge on any atom is -0.375 e. The first-order valence-electron chi connectivity index (χ1n) is 8.27. The second-order valence-corrected chi connectivity index (χ2v) is 6.45. The van der Waals surface area contributed by atoms with E-state index in [9.17, 15) is 0 Å². The molecule has 1 aliphatic rings. The van der Waals surface area contributed by atoms with Gasteiger partial charge in [-0.1, -0.05) is 24.6 Å². The van der Waals surface area contributed by atoms with E-state index in [0.29, 0.717) is 5.84 Å². The summed E-state index contributed by atoms with van der Waals surface area (Å²) in [6.07, 6.45) is 2.98. The first kappa shape index (κ1) is 17.7. The van der Waals surface area contributed by atoms with E-state index in [2.05, 4.69) is 30.5 Å². The van der Waals surface area contributed by atoms with Crippen molar-refractivity contribution < 1.29 is 0 Å². The lowest BCUT2D eigenvalue weighted by atomic mass is 10.00. The molecule has 0 radical (unpaired) electrons. The van der Waals surface area contributed by atoms with Gasteiger partial charge in [0.1, 0.15) is 11.7 Å². The number of hydrogen-bond donors (Lipinski definition) is 3. The van der Waals surface area contributed by atoms with Crippen LogP contribution in [0.3, 0.4) is 0 Å². The molecule has 3 N–H and O–H groups in total. The predicted molar refractivity (Wildman–Crippen MR) is 99.6 cm³/mol. The Morgan fingerprint density at radius 2 is 2.09 bits per heavy atom. The lowest BCUT2D eigenvalue weighted by Gasteiger charge is -2.34. The summed E-state index contributed by atoms with van der Waals surface area (Å²) in [5.41, 5.74) is 4.26. The molecule has 0 atom stereocenters. The molecule has 0 aliphatic carbocycles. The number of hydrogen-bond acceptors (Lipinski definition) is 3. The standard InChI is InChI=1S/C18H27ClN4/c1-5-8-22-18(21-4)14-7-6-9-23(17(14)20)16-13(3)10-12(2)11-15(16)19/h10-11,20-22H,5-9H2,1-4H3/b18-14+,20-17?. The van der Waals surface area contributed by atoms with Crippen LogP contribution in [0.1, 0.15) is 37.3 Å². The summed E-state index contributed by atoms with van der Waals surface area (Å²) in [6.45, 7) is 7.98. The maximum Gasteiger partial charge on any atom is 0.132 e. The number of piperidine rings is 1. The van der Waals surface area contributed by atoms with E-state index >= 15 is 0 Å². The van der Waals surface area contributed by atoms with Crippen LogP contribution in [0, 0.1) is 19.3 Å². The third-order valence-corrected chi connectivity index (χ3v) is 4.42. The van der Waals surface area contributed by atoms with E-state index in [1.165, 1.54) is 0 Å². The van der Waals surface area contributed by atoms with Crippen molar-refractivity contribution in [2.45, 2.75) is 40.0 Å². The van der Waals surface area contributed by atoms with Crippen LogP contribution in [-0.4, -0.2) is 26.0 Å². The molecule has 5 heteroatoms. The van der Waals surface area contributed by atoms with Crippen LogP contribution in [0.5, 0.6) is 0 Å². The molecule has 23 heavy (non-hydrogen) atoms. The Hall–Kier alpha value is -1.68. The fourth-order valence-electron chi connectivity index (χ4n) is 3.12. The Labute approximate surface area is 144 Å². The summed E-state index contributed by atoms with van der Waals surface area (Å²) < 4.78 is 0. The summed E-state index contributed by atoms with van der Waals surface area (Å²) in [5, 5.41) is 16.0. The minimum atomic E-state index is 0.540. The Balaban J connectivity index is 2.39. The van der Waals surface area contributed by atoms with E-state index in [1.54, 1.807) is 0 Å². The molecule has 1 aromatic rings. The average molecular weight is 335 g/mol. The van der Waals surface area contributed by atoms with Gasteiger partial charge in [0.2, 0.25) is 0 Å². The fraction of sp³-hybridized carbons (Fsp3) is 0.500. The average Bonchev–Trinajstić information content (AvgIpc) is 2.50. The lowest BCUT2D eigenvalue weighted by molar-refractivity contribution is 0.684. The predicted octanol–water partition coefficient (Wildman–Crippen LogP) is 3.96. The second-order valence-electron chi connectivity index (χ2n) is 6.05.